The topological polar surface area (TPSA) is 70.7 Å². The second-order valence-corrected chi connectivity index (χ2v) is 8.43. The van der Waals surface area contributed by atoms with Crippen LogP contribution in [0.5, 0.6) is 5.75 Å². The molecule has 166 valence electrons. The first kappa shape index (κ1) is 22.8. The zero-order valence-electron chi connectivity index (χ0n) is 18.6. The van der Waals surface area contributed by atoms with Crippen molar-refractivity contribution in [2.75, 3.05) is 32.1 Å². The van der Waals surface area contributed by atoms with E-state index in [1.54, 1.807) is 7.11 Å². The van der Waals surface area contributed by atoms with E-state index in [0.717, 1.165) is 42.9 Å². The van der Waals surface area contributed by atoms with Crippen molar-refractivity contribution in [1.82, 2.24) is 10.2 Å². The van der Waals surface area contributed by atoms with Crippen LogP contribution >= 0.6 is 0 Å². The van der Waals surface area contributed by atoms with Crippen LogP contribution in [0, 0.1) is 11.8 Å². The number of hydrogen-bond donors (Lipinski definition) is 2. The van der Waals surface area contributed by atoms with Gasteiger partial charge in [-0.25, -0.2) is 0 Å². The minimum atomic E-state index is -0.382. The van der Waals surface area contributed by atoms with E-state index in [4.69, 9.17) is 4.74 Å². The highest BCUT2D eigenvalue weighted by molar-refractivity contribution is 5.95. The number of rotatable bonds is 8. The molecular weight excluding hydrogens is 390 g/mol. The molecule has 2 N–H and O–H groups in total. The summed E-state index contributed by atoms with van der Waals surface area (Å²) in [5.74, 6) is 1.08. The normalized spacial score (nSPS) is 17.7. The van der Waals surface area contributed by atoms with Crippen LogP contribution in [-0.4, -0.2) is 43.5 Å². The van der Waals surface area contributed by atoms with Gasteiger partial charge in [0.1, 0.15) is 11.8 Å². The van der Waals surface area contributed by atoms with Crippen molar-refractivity contribution >= 4 is 17.5 Å². The SMILES string of the molecule is COc1ccc(NC(=O)C(c2ccccc2)N2CCCC(CNC(=O)C(C)C)C2)cc1. The summed E-state index contributed by atoms with van der Waals surface area (Å²) in [6, 6.07) is 16.9. The Morgan fingerprint density at radius 3 is 2.42 bits per heavy atom. The molecule has 31 heavy (non-hydrogen) atoms. The molecule has 0 saturated carbocycles. The highest BCUT2D eigenvalue weighted by Crippen LogP contribution is 2.28. The van der Waals surface area contributed by atoms with Crippen LogP contribution < -0.4 is 15.4 Å². The van der Waals surface area contributed by atoms with Crippen molar-refractivity contribution in [3.63, 3.8) is 0 Å². The van der Waals surface area contributed by atoms with E-state index >= 15 is 0 Å². The predicted octanol–water partition coefficient (Wildman–Crippen LogP) is 3.86. The van der Waals surface area contributed by atoms with Gasteiger partial charge >= 0.3 is 0 Å². The Balaban J connectivity index is 1.73. The molecule has 3 rings (SSSR count). The Labute approximate surface area is 185 Å². The molecule has 0 spiro atoms. The van der Waals surface area contributed by atoms with Gasteiger partial charge in [0, 0.05) is 24.7 Å². The Hall–Kier alpha value is -2.86. The van der Waals surface area contributed by atoms with Crippen molar-refractivity contribution in [2.24, 2.45) is 11.8 Å². The van der Waals surface area contributed by atoms with Crippen LogP contribution in [0.2, 0.25) is 0 Å². The lowest BCUT2D eigenvalue weighted by Gasteiger charge is -2.38. The molecule has 6 nitrogen and oxygen atoms in total. The lowest BCUT2D eigenvalue weighted by molar-refractivity contribution is -0.125. The molecule has 0 aliphatic carbocycles. The average molecular weight is 424 g/mol. The van der Waals surface area contributed by atoms with Gasteiger partial charge in [-0.15, -0.1) is 0 Å². The fraction of sp³-hybridized carbons (Fsp3) is 0.440. The fourth-order valence-corrected chi connectivity index (χ4v) is 4.00. The first-order valence-electron chi connectivity index (χ1n) is 11.0. The van der Waals surface area contributed by atoms with Crippen molar-refractivity contribution in [3.8, 4) is 5.75 Å². The molecule has 2 aromatic rings. The van der Waals surface area contributed by atoms with E-state index in [-0.39, 0.29) is 23.8 Å². The Morgan fingerprint density at radius 1 is 1.06 bits per heavy atom. The van der Waals surface area contributed by atoms with Crippen LogP contribution in [0.4, 0.5) is 5.69 Å². The zero-order chi connectivity index (χ0) is 22.2. The molecule has 1 aliphatic rings. The molecule has 1 aliphatic heterocycles. The number of carbonyl (C=O) groups is 2. The van der Waals surface area contributed by atoms with Crippen molar-refractivity contribution in [1.29, 1.82) is 0 Å². The molecule has 0 aromatic heterocycles. The zero-order valence-corrected chi connectivity index (χ0v) is 18.6. The minimum absolute atomic E-state index is 0.0213. The lowest BCUT2D eigenvalue weighted by atomic mass is 9.94. The van der Waals surface area contributed by atoms with Gasteiger partial charge in [0.15, 0.2) is 0 Å². The van der Waals surface area contributed by atoms with E-state index in [9.17, 15) is 9.59 Å². The third kappa shape index (κ3) is 6.31. The molecule has 2 unspecified atom stereocenters. The third-order valence-electron chi connectivity index (χ3n) is 5.73. The minimum Gasteiger partial charge on any atom is -0.497 e. The molecule has 1 fully saturated rings. The van der Waals surface area contributed by atoms with Gasteiger partial charge in [0.05, 0.1) is 7.11 Å². The molecule has 1 saturated heterocycles. The molecule has 2 atom stereocenters. The Kier molecular flexibility index (Phi) is 8.06. The van der Waals surface area contributed by atoms with E-state index < -0.39 is 0 Å². The molecular formula is C25H33N3O3. The maximum atomic E-state index is 13.4. The highest BCUT2D eigenvalue weighted by Gasteiger charge is 2.32. The number of methoxy groups -OCH3 is 1. The van der Waals surface area contributed by atoms with Crippen LogP contribution in [0.25, 0.3) is 0 Å². The third-order valence-corrected chi connectivity index (χ3v) is 5.73. The van der Waals surface area contributed by atoms with Crippen molar-refractivity contribution in [2.45, 2.75) is 32.7 Å². The second kappa shape index (κ2) is 11.0. The van der Waals surface area contributed by atoms with E-state index in [0.29, 0.717) is 12.5 Å². The van der Waals surface area contributed by atoms with Crippen molar-refractivity contribution < 1.29 is 14.3 Å². The van der Waals surface area contributed by atoms with Crippen LogP contribution in [0.1, 0.15) is 38.3 Å². The van der Waals surface area contributed by atoms with Gasteiger partial charge in [-0.3, -0.25) is 14.5 Å². The summed E-state index contributed by atoms with van der Waals surface area (Å²) < 4.78 is 5.20. The number of piperidine rings is 1. The maximum absolute atomic E-state index is 13.4. The van der Waals surface area contributed by atoms with Crippen molar-refractivity contribution in [3.05, 3.63) is 60.2 Å². The number of nitrogens with one attached hydrogen (secondary N) is 2. The van der Waals surface area contributed by atoms with E-state index in [2.05, 4.69) is 15.5 Å². The molecule has 6 heteroatoms. The Bertz CT molecular complexity index is 852. The fourth-order valence-electron chi connectivity index (χ4n) is 4.00. The van der Waals surface area contributed by atoms with Crippen LogP contribution in [0.15, 0.2) is 54.6 Å². The highest BCUT2D eigenvalue weighted by atomic mass is 16.5. The molecule has 2 aromatic carbocycles. The molecule has 0 radical (unpaired) electrons. The number of hydrogen-bond acceptors (Lipinski definition) is 4. The molecule has 1 heterocycles. The number of amides is 2. The van der Waals surface area contributed by atoms with Gasteiger partial charge in [0.2, 0.25) is 11.8 Å². The van der Waals surface area contributed by atoms with Crippen LogP contribution in [-0.2, 0) is 9.59 Å². The monoisotopic (exact) mass is 423 g/mol. The number of ether oxygens (including phenoxy) is 1. The number of likely N-dealkylation sites (tertiary alicyclic amines) is 1. The Morgan fingerprint density at radius 2 is 1.77 bits per heavy atom. The maximum Gasteiger partial charge on any atom is 0.246 e. The molecule has 0 bridgehead atoms. The standard InChI is InChI=1S/C25H33N3O3/c1-18(2)24(29)26-16-19-8-7-15-28(17-19)23(20-9-5-4-6-10-20)25(30)27-21-11-13-22(31-3)14-12-21/h4-6,9-14,18-19,23H,7-8,15-17H2,1-3H3,(H,26,29)(H,27,30). The number of carbonyl (C=O) groups excluding carboxylic acids is 2. The summed E-state index contributed by atoms with van der Waals surface area (Å²) in [5, 5.41) is 6.12. The van der Waals surface area contributed by atoms with E-state index in [1.807, 2.05) is 68.4 Å². The number of benzene rings is 2. The summed E-state index contributed by atoms with van der Waals surface area (Å²) in [7, 11) is 1.62. The summed E-state index contributed by atoms with van der Waals surface area (Å²) in [6.45, 7) is 6.07. The first-order valence-corrected chi connectivity index (χ1v) is 11.0. The predicted molar refractivity (Wildman–Crippen MR) is 123 cm³/mol. The quantitative estimate of drug-likeness (QED) is 0.676. The van der Waals surface area contributed by atoms with E-state index in [1.165, 1.54) is 0 Å². The first-order chi connectivity index (χ1) is 15.0. The summed E-state index contributed by atoms with van der Waals surface area (Å²) >= 11 is 0. The summed E-state index contributed by atoms with van der Waals surface area (Å²) in [5.41, 5.74) is 1.71. The van der Waals surface area contributed by atoms with Gasteiger partial charge in [-0.05, 0) is 55.1 Å². The largest absolute Gasteiger partial charge is 0.497 e. The summed E-state index contributed by atoms with van der Waals surface area (Å²) in [4.78, 5) is 27.6. The van der Waals surface area contributed by atoms with Gasteiger partial charge < -0.3 is 15.4 Å². The van der Waals surface area contributed by atoms with Gasteiger partial charge in [-0.2, -0.15) is 0 Å². The lowest BCUT2D eigenvalue weighted by Crippen LogP contribution is -2.46. The average Bonchev–Trinajstić information content (AvgIpc) is 2.79. The number of anilines is 1. The van der Waals surface area contributed by atoms with Crippen LogP contribution in [0.3, 0.4) is 0 Å². The summed E-state index contributed by atoms with van der Waals surface area (Å²) in [6.07, 6.45) is 2.05. The van der Waals surface area contributed by atoms with Gasteiger partial charge in [0.25, 0.3) is 0 Å². The van der Waals surface area contributed by atoms with Gasteiger partial charge in [-0.1, -0.05) is 44.2 Å². The number of nitrogens with zero attached hydrogens (tertiary/aromatic N) is 1. The molecule has 2 amide bonds. The smallest absolute Gasteiger partial charge is 0.246 e. The second-order valence-electron chi connectivity index (χ2n) is 8.43.